The van der Waals surface area contributed by atoms with Crippen LogP contribution in [0.4, 0.5) is 4.79 Å². The maximum atomic E-state index is 13.2. The number of piperidine rings is 1. The molecule has 2 atom stereocenters. The first-order valence-electron chi connectivity index (χ1n) is 9.79. The molecular formula is C22H27N3O2. The topological polar surface area (TPSA) is 54.3 Å². The Balaban J connectivity index is 1.67. The molecule has 0 aliphatic carbocycles. The third kappa shape index (κ3) is 3.27. The van der Waals surface area contributed by atoms with Gasteiger partial charge in [0.2, 0.25) is 0 Å². The molecule has 1 fully saturated rings. The lowest BCUT2D eigenvalue weighted by Gasteiger charge is -2.43. The summed E-state index contributed by atoms with van der Waals surface area (Å²) in [6.45, 7) is 8.08. The maximum absolute atomic E-state index is 13.2. The van der Waals surface area contributed by atoms with Gasteiger partial charge in [0.1, 0.15) is 0 Å². The van der Waals surface area contributed by atoms with E-state index in [0.717, 1.165) is 35.3 Å². The van der Waals surface area contributed by atoms with Gasteiger partial charge in [-0.15, -0.1) is 0 Å². The summed E-state index contributed by atoms with van der Waals surface area (Å²) in [7, 11) is 0. The quantitative estimate of drug-likeness (QED) is 0.887. The van der Waals surface area contributed by atoms with Gasteiger partial charge in [-0.25, -0.2) is 4.79 Å². The van der Waals surface area contributed by atoms with E-state index in [4.69, 9.17) is 0 Å². The van der Waals surface area contributed by atoms with E-state index < -0.39 is 0 Å². The van der Waals surface area contributed by atoms with E-state index in [1.807, 2.05) is 60.6 Å². The number of hydrogen-bond donors (Lipinski definition) is 1. The molecule has 0 saturated carbocycles. The fourth-order valence-electron chi connectivity index (χ4n) is 4.53. The number of nitrogens with one attached hydrogen (secondary N) is 1. The molecule has 4 rings (SSSR count). The normalized spacial score (nSPS) is 21.1. The maximum Gasteiger partial charge on any atom is 0.317 e. The number of likely N-dealkylation sites (tertiary alicyclic amines) is 1. The van der Waals surface area contributed by atoms with Crippen molar-refractivity contribution < 1.29 is 4.79 Å². The van der Waals surface area contributed by atoms with Crippen molar-refractivity contribution in [3.63, 3.8) is 0 Å². The minimum Gasteiger partial charge on any atom is -0.336 e. The fourth-order valence-corrected chi connectivity index (χ4v) is 4.53. The summed E-state index contributed by atoms with van der Waals surface area (Å²) in [6, 6.07) is 12.2. The second-order valence-electron chi connectivity index (χ2n) is 8.21. The summed E-state index contributed by atoms with van der Waals surface area (Å²) in [5.74, 6) is 0.563. The van der Waals surface area contributed by atoms with E-state index in [-0.39, 0.29) is 23.6 Å². The molecule has 1 saturated heterocycles. The van der Waals surface area contributed by atoms with Crippen LogP contribution < -0.4 is 10.9 Å². The van der Waals surface area contributed by atoms with Gasteiger partial charge in [0, 0.05) is 42.9 Å². The van der Waals surface area contributed by atoms with Crippen LogP contribution in [0.15, 0.2) is 41.2 Å². The van der Waals surface area contributed by atoms with Crippen LogP contribution in [0.2, 0.25) is 0 Å². The molecule has 2 amide bonds. The average molecular weight is 365 g/mol. The smallest absolute Gasteiger partial charge is 0.317 e. The number of pyridine rings is 1. The lowest BCUT2D eigenvalue weighted by molar-refractivity contribution is 0.130. The van der Waals surface area contributed by atoms with Crippen molar-refractivity contribution in [3.05, 3.63) is 58.0 Å². The molecule has 0 unspecified atom stereocenters. The van der Waals surface area contributed by atoms with Crippen molar-refractivity contribution >= 4 is 6.03 Å². The van der Waals surface area contributed by atoms with Gasteiger partial charge in [-0.05, 0) is 56.4 Å². The molecule has 0 spiro atoms. The molecular weight excluding hydrogens is 338 g/mol. The fraction of sp³-hybridized carbons (Fsp3) is 0.455. The molecule has 2 aliphatic heterocycles. The molecule has 2 aromatic rings. The van der Waals surface area contributed by atoms with Gasteiger partial charge in [0.15, 0.2) is 0 Å². The first-order chi connectivity index (χ1) is 12.9. The number of carbonyl (C=O) groups excluding carboxylic acids is 1. The third-order valence-corrected chi connectivity index (χ3v) is 5.74. The molecule has 5 nitrogen and oxygen atoms in total. The Bertz CT molecular complexity index is 931. The molecule has 3 heterocycles. The van der Waals surface area contributed by atoms with Gasteiger partial charge < -0.3 is 14.8 Å². The van der Waals surface area contributed by atoms with Crippen LogP contribution in [0.5, 0.6) is 0 Å². The van der Waals surface area contributed by atoms with Crippen LogP contribution >= 0.6 is 0 Å². The van der Waals surface area contributed by atoms with Crippen LogP contribution in [-0.4, -0.2) is 34.6 Å². The number of carbonyl (C=O) groups is 1. The summed E-state index contributed by atoms with van der Waals surface area (Å²) in [6.07, 6.45) is 1.05. The summed E-state index contributed by atoms with van der Waals surface area (Å²) in [5.41, 5.74) is 4.05. The van der Waals surface area contributed by atoms with Crippen LogP contribution in [-0.2, 0) is 6.54 Å². The van der Waals surface area contributed by atoms with Gasteiger partial charge in [-0.3, -0.25) is 4.79 Å². The first kappa shape index (κ1) is 17.8. The Morgan fingerprint density at radius 1 is 1.07 bits per heavy atom. The second kappa shape index (κ2) is 6.87. The van der Waals surface area contributed by atoms with Crippen molar-refractivity contribution in [2.45, 2.75) is 45.7 Å². The molecule has 2 aliphatic rings. The molecule has 5 heteroatoms. The highest BCUT2D eigenvalue weighted by atomic mass is 16.2. The van der Waals surface area contributed by atoms with E-state index in [2.05, 4.69) is 11.4 Å². The average Bonchev–Trinajstić information content (AvgIpc) is 2.63. The molecule has 0 radical (unpaired) electrons. The zero-order valence-corrected chi connectivity index (χ0v) is 16.2. The number of nitrogens with zero attached hydrogens (tertiary/aromatic N) is 2. The van der Waals surface area contributed by atoms with Crippen molar-refractivity contribution in [2.24, 2.45) is 5.92 Å². The molecule has 1 N–H and O–H groups in total. The van der Waals surface area contributed by atoms with Crippen LogP contribution in [0.3, 0.4) is 0 Å². The Labute approximate surface area is 160 Å². The van der Waals surface area contributed by atoms with E-state index in [9.17, 15) is 9.59 Å². The molecule has 1 aromatic heterocycles. The molecule has 2 bridgehead atoms. The zero-order valence-electron chi connectivity index (χ0n) is 16.2. The van der Waals surface area contributed by atoms with Gasteiger partial charge in [-0.2, -0.15) is 0 Å². The summed E-state index contributed by atoms with van der Waals surface area (Å²) in [5, 5.41) is 2.99. The Morgan fingerprint density at radius 2 is 1.85 bits per heavy atom. The minimum absolute atomic E-state index is 0.00651. The van der Waals surface area contributed by atoms with E-state index >= 15 is 0 Å². The predicted molar refractivity (Wildman–Crippen MR) is 107 cm³/mol. The van der Waals surface area contributed by atoms with Gasteiger partial charge in [0.25, 0.3) is 5.56 Å². The predicted octanol–water partition coefficient (Wildman–Crippen LogP) is 3.36. The number of rotatable bonds is 2. The standard InChI is InChI=1S/C22H27N3O2/c1-14(2)23-22(27)24-11-16-10-17(13-24)20-9-8-19(21(26)25(20)12-16)18-7-5-4-6-15(18)3/h4-9,14,16-17H,10-13H2,1-3H3,(H,23,27)/t16-,17+/m0/s1. The Kier molecular flexibility index (Phi) is 4.54. The lowest BCUT2D eigenvalue weighted by atomic mass is 9.83. The number of aryl methyl sites for hydroxylation is 1. The Hall–Kier alpha value is -2.56. The van der Waals surface area contributed by atoms with Crippen molar-refractivity contribution in [1.29, 1.82) is 0 Å². The lowest BCUT2D eigenvalue weighted by Crippen LogP contribution is -2.52. The highest BCUT2D eigenvalue weighted by Crippen LogP contribution is 2.36. The second-order valence-corrected chi connectivity index (χ2v) is 8.21. The third-order valence-electron chi connectivity index (χ3n) is 5.74. The number of urea groups is 1. The highest BCUT2D eigenvalue weighted by Gasteiger charge is 2.36. The summed E-state index contributed by atoms with van der Waals surface area (Å²) < 4.78 is 1.96. The number of amides is 2. The molecule has 27 heavy (non-hydrogen) atoms. The van der Waals surface area contributed by atoms with Crippen molar-refractivity contribution in [2.75, 3.05) is 13.1 Å². The van der Waals surface area contributed by atoms with E-state index in [0.29, 0.717) is 19.0 Å². The van der Waals surface area contributed by atoms with Crippen LogP contribution in [0, 0.1) is 12.8 Å². The highest BCUT2D eigenvalue weighted by molar-refractivity contribution is 5.74. The number of aromatic nitrogens is 1. The first-order valence-corrected chi connectivity index (χ1v) is 9.79. The molecule has 1 aromatic carbocycles. The summed E-state index contributed by atoms with van der Waals surface area (Å²) in [4.78, 5) is 27.6. The Morgan fingerprint density at radius 3 is 2.59 bits per heavy atom. The van der Waals surface area contributed by atoms with Crippen LogP contribution in [0.1, 0.15) is 37.4 Å². The monoisotopic (exact) mass is 365 g/mol. The van der Waals surface area contributed by atoms with Crippen molar-refractivity contribution in [3.8, 4) is 11.1 Å². The van der Waals surface area contributed by atoms with Gasteiger partial charge in [-0.1, -0.05) is 24.3 Å². The van der Waals surface area contributed by atoms with E-state index in [1.54, 1.807) is 0 Å². The van der Waals surface area contributed by atoms with Crippen LogP contribution in [0.25, 0.3) is 11.1 Å². The minimum atomic E-state index is 0.00651. The number of benzene rings is 1. The van der Waals surface area contributed by atoms with Gasteiger partial charge >= 0.3 is 6.03 Å². The van der Waals surface area contributed by atoms with Gasteiger partial charge in [0.05, 0.1) is 0 Å². The number of fused-ring (bicyclic) bond motifs is 4. The zero-order chi connectivity index (χ0) is 19.1. The molecule has 142 valence electrons. The number of hydrogen-bond acceptors (Lipinski definition) is 2. The summed E-state index contributed by atoms with van der Waals surface area (Å²) >= 11 is 0. The van der Waals surface area contributed by atoms with E-state index in [1.165, 1.54) is 0 Å². The SMILES string of the molecule is Cc1ccccc1-c1ccc2n(c1=O)C[C@H]1C[C@@H]2CN(C(=O)NC(C)C)C1. The largest absolute Gasteiger partial charge is 0.336 e. The van der Waals surface area contributed by atoms with Crippen molar-refractivity contribution in [1.82, 2.24) is 14.8 Å².